The Morgan fingerprint density at radius 3 is 1.21 bits per heavy atom. The number of benzene rings is 4. The van der Waals surface area contributed by atoms with Gasteiger partial charge in [-0.3, -0.25) is 4.55 Å². The minimum absolute atomic E-state index is 0.632. The number of nitrogens with one attached hydrogen (secondary N) is 2. The molecule has 0 aliphatic heterocycles. The lowest BCUT2D eigenvalue weighted by Gasteiger charge is -2.17. The lowest BCUT2D eigenvalue weighted by Crippen LogP contribution is -2.17. The number of hydrogen-bond donors (Lipinski definition) is 3. The minimum Gasteiger partial charge on any atom is -0.493 e. The Kier molecular flexibility index (Phi) is 16.1. The zero-order chi connectivity index (χ0) is 34.1. The highest BCUT2D eigenvalue weighted by atomic mass is 32.2. The maximum atomic E-state index is 9.19. The first-order valence-corrected chi connectivity index (χ1v) is 18.5. The normalized spacial score (nSPS) is 11.3. The van der Waals surface area contributed by atoms with Crippen LogP contribution in [0.5, 0.6) is 23.0 Å². The first kappa shape index (κ1) is 37.9. The number of ether oxygens (including phenoxy) is 4. The van der Waals surface area contributed by atoms with E-state index >= 15 is 0 Å². The van der Waals surface area contributed by atoms with Crippen LogP contribution in [0.1, 0.15) is 64.5 Å². The molecule has 0 amide bonds. The third-order valence-electron chi connectivity index (χ3n) is 7.41. The fourth-order valence-corrected chi connectivity index (χ4v) is 5.52. The van der Waals surface area contributed by atoms with Gasteiger partial charge < -0.3 is 29.6 Å². The van der Waals surface area contributed by atoms with E-state index in [1.54, 1.807) is 0 Å². The highest BCUT2D eigenvalue weighted by Gasteiger charge is 2.15. The Bertz CT molecular complexity index is 1530. The van der Waals surface area contributed by atoms with Crippen LogP contribution >= 0.6 is 0 Å². The summed E-state index contributed by atoms with van der Waals surface area (Å²) < 4.78 is 49.7. The van der Waals surface area contributed by atoms with Crippen LogP contribution in [0, 0.1) is 0 Å². The molecule has 0 fully saturated rings. The molecule has 0 unspecified atom stereocenters. The van der Waals surface area contributed by atoms with Crippen LogP contribution < -0.4 is 29.6 Å². The van der Waals surface area contributed by atoms with Crippen molar-refractivity contribution >= 4 is 31.7 Å². The van der Waals surface area contributed by atoms with Crippen molar-refractivity contribution in [1.29, 1.82) is 0 Å². The lowest BCUT2D eigenvalue weighted by molar-refractivity contribution is 0.322. The zero-order valence-electron chi connectivity index (χ0n) is 28.6. The molecule has 10 heteroatoms. The standard InChI is InChI=1S/C36H48N2O4.CH4O3S/c1-5-39-33-23-35(41-7-3)31(27-17-11-13-19-29(27)33)25-37-21-15-9-10-16-22-38-26-32-28-18-12-14-20-30(28)34(40-6-2)24-36(32)42-8-4;1-5(2,3)4/h11-14,17-20,23-24,37-38H,5-10,15-16,21-22,25-26H2,1-4H3;1H3,(H,2,3,4). The lowest BCUT2D eigenvalue weighted by atomic mass is 10.0. The van der Waals surface area contributed by atoms with Gasteiger partial charge in [0.25, 0.3) is 10.1 Å². The number of rotatable bonds is 19. The Morgan fingerprint density at radius 2 is 0.872 bits per heavy atom. The topological polar surface area (TPSA) is 115 Å². The van der Waals surface area contributed by atoms with Gasteiger partial charge in [-0.1, -0.05) is 61.4 Å². The summed E-state index contributed by atoms with van der Waals surface area (Å²) in [6.07, 6.45) is 5.42. The summed E-state index contributed by atoms with van der Waals surface area (Å²) in [5, 5.41) is 12.0. The van der Waals surface area contributed by atoms with Gasteiger partial charge in [-0.25, -0.2) is 0 Å². The van der Waals surface area contributed by atoms with Crippen molar-refractivity contribution < 1.29 is 31.9 Å². The second kappa shape index (κ2) is 19.9. The summed E-state index contributed by atoms with van der Waals surface area (Å²) >= 11 is 0. The largest absolute Gasteiger partial charge is 0.493 e. The third kappa shape index (κ3) is 12.2. The quantitative estimate of drug-likeness (QED) is 0.0689. The van der Waals surface area contributed by atoms with Gasteiger partial charge in [-0.2, -0.15) is 8.42 Å². The van der Waals surface area contributed by atoms with Gasteiger partial charge in [-0.05, 0) is 64.4 Å². The maximum absolute atomic E-state index is 9.19. The molecule has 4 aromatic rings. The molecule has 0 atom stereocenters. The number of fused-ring (bicyclic) bond motifs is 2. The smallest absolute Gasteiger partial charge is 0.261 e. The molecule has 47 heavy (non-hydrogen) atoms. The molecule has 0 aromatic heterocycles. The molecular weight excluding hydrogens is 616 g/mol. The van der Waals surface area contributed by atoms with E-state index in [4.69, 9.17) is 23.5 Å². The summed E-state index contributed by atoms with van der Waals surface area (Å²) in [5.41, 5.74) is 2.40. The van der Waals surface area contributed by atoms with E-state index in [1.807, 2.05) is 39.8 Å². The average molecular weight is 669 g/mol. The predicted octanol–water partition coefficient (Wildman–Crippen LogP) is 7.53. The minimum atomic E-state index is -3.67. The molecule has 0 aliphatic rings. The van der Waals surface area contributed by atoms with E-state index in [0.717, 1.165) is 72.8 Å². The molecule has 0 aliphatic carbocycles. The van der Waals surface area contributed by atoms with E-state index in [0.29, 0.717) is 32.7 Å². The Hall–Kier alpha value is -3.57. The van der Waals surface area contributed by atoms with Crippen molar-refractivity contribution in [3.8, 4) is 23.0 Å². The van der Waals surface area contributed by atoms with Gasteiger partial charge in [0, 0.05) is 47.1 Å². The molecular formula is C37H52N2O7S. The monoisotopic (exact) mass is 668 g/mol. The zero-order valence-corrected chi connectivity index (χ0v) is 29.4. The Labute approximate surface area is 280 Å². The summed E-state index contributed by atoms with van der Waals surface area (Å²) in [6.45, 7) is 14.1. The maximum Gasteiger partial charge on any atom is 0.261 e. The van der Waals surface area contributed by atoms with Crippen molar-refractivity contribution in [2.24, 2.45) is 0 Å². The van der Waals surface area contributed by atoms with Gasteiger partial charge in [-0.15, -0.1) is 0 Å². The molecule has 0 radical (unpaired) electrons. The summed E-state index contributed by atoms with van der Waals surface area (Å²) in [6, 6.07) is 21.0. The number of unbranched alkanes of at least 4 members (excludes halogenated alkanes) is 3. The van der Waals surface area contributed by atoms with Crippen molar-refractivity contribution in [3.05, 3.63) is 71.8 Å². The molecule has 0 saturated carbocycles. The van der Waals surface area contributed by atoms with Crippen LogP contribution in [0.4, 0.5) is 0 Å². The van der Waals surface area contributed by atoms with Crippen molar-refractivity contribution in [1.82, 2.24) is 10.6 Å². The predicted molar refractivity (Wildman–Crippen MR) is 192 cm³/mol. The van der Waals surface area contributed by atoms with E-state index in [1.165, 1.54) is 34.7 Å². The summed E-state index contributed by atoms with van der Waals surface area (Å²) in [4.78, 5) is 0. The van der Waals surface area contributed by atoms with Crippen LogP contribution in [0.15, 0.2) is 60.7 Å². The van der Waals surface area contributed by atoms with E-state index in [2.05, 4.69) is 59.2 Å². The summed E-state index contributed by atoms with van der Waals surface area (Å²) in [7, 11) is -3.67. The van der Waals surface area contributed by atoms with Gasteiger partial charge in [0.15, 0.2) is 0 Å². The molecule has 0 heterocycles. The van der Waals surface area contributed by atoms with Crippen LogP contribution in [-0.2, 0) is 23.2 Å². The Morgan fingerprint density at radius 1 is 0.553 bits per heavy atom. The first-order chi connectivity index (χ1) is 22.7. The number of hydrogen-bond acceptors (Lipinski definition) is 8. The van der Waals surface area contributed by atoms with E-state index < -0.39 is 10.1 Å². The molecule has 3 N–H and O–H groups in total. The first-order valence-electron chi connectivity index (χ1n) is 16.7. The van der Waals surface area contributed by atoms with Crippen molar-refractivity contribution in [2.75, 3.05) is 45.8 Å². The highest BCUT2D eigenvalue weighted by molar-refractivity contribution is 7.85. The van der Waals surface area contributed by atoms with E-state index in [-0.39, 0.29) is 0 Å². The van der Waals surface area contributed by atoms with Gasteiger partial charge >= 0.3 is 0 Å². The average Bonchev–Trinajstić information content (AvgIpc) is 3.04. The molecule has 4 rings (SSSR count). The third-order valence-corrected chi connectivity index (χ3v) is 7.41. The highest BCUT2D eigenvalue weighted by Crippen LogP contribution is 2.37. The fraction of sp³-hybridized carbons (Fsp3) is 0.459. The van der Waals surface area contributed by atoms with Crippen LogP contribution in [0.3, 0.4) is 0 Å². The second-order valence-corrected chi connectivity index (χ2v) is 12.5. The fourth-order valence-electron chi connectivity index (χ4n) is 5.52. The molecule has 0 spiro atoms. The molecule has 258 valence electrons. The second-order valence-electron chi connectivity index (χ2n) is 11.0. The SMILES string of the molecule is CCOc1cc(OCC)c2ccccc2c1CNCCCCCCNCc1c(OCC)cc(OCC)c2ccccc12.CS(=O)(=O)O. The summed E-state index contributed by atoms with van der Waals surface area (Å²) in [5.74, 6) is 3.59. The van der Waals surface area contributed by atoms with Crippen molar-refractivity contribution in [3.63, 3.8) is 0 Å². The van der Waals surface area contributed by atoms with E-state index in [9.17, 15) is 8.42 Å². The Balaban J connectivity index is 0.00000111. The van der Waals surface area contributed by atoms with Crippen molar-refractivity contribution in [2.45, 2.75) is 66.5 Å². The molecule has 4 aromatic carbocycles. The van der Waals surface area contributed by atoms with Crippen LogP contribution in [-0.4, -0.2) is 58.7 Å². The van der Waals surface area contributed by atoms with Gasteiger partial charge in [0.05, 0.1) is 32.7 Å². The molecule has 0 bridgehead atoms. The molecule has 0 saturated heterocycles. The molecule has 9 nitrogen and oxygen atoms in total. The van der Waals surface area contributed by atoms with Gasteiger partial charge in [0.2, 0.25) is 0 Å². The van der Waals surface area contributed by atoms with Gasteiger partial charge in [0.1, 0.15) is 23.0 Å². The van der Waals surface area contributed by atoms with Crippen LogP contribution in [0.2, 0.25) is 0 Å². The van der Waals surface area contributed by atoms with Crippen LogP contribution in [0.25, 0.3) is 21.5 Å².